The number of dihydropyridines is 1. The molecule has 21 heavy (non-hydrogen) atoms. The summed E-state index contributed by atoms with van der Waals surface area (Å²) in [6.45, 7) is 0. The average Bonchev–Trinajstić information content (AvgIpc) is 2.55. The number of benzene rings is 2. The molecule has 0 saturated carbocycles. The van der Waals surface area contributed by atoms with Crippen LogP contribution in [0.25, 0.3) is 16.8 Å². The molecule has 1 N–H and O–H groups in total. The molecule has 0 aromatic heterocycles. The van der Waals surface area contributed by atoms with Crippen molar-refractivity contribution in [3.63, 3.8) is 0 Å². The maximum Gasteiger partial charge on any atom is 0.0474 e. The number of halogens is 1. The van der Waals surface area contributed by atoms with Gasteiger partial charge in [-0.3, -0.25) is 0 Å². The molecule has 0 amide bonds. The smallest absolute Gasteiger partial charge is 0.0474 e. The maximum atomic E-state index is 3.48. The molecule has 1 aliphatic heterocycles. The van der Waals surface area contributed by atoms with E-state index in [0.29, 0.717) is 0 Å². The largest absolute Gasteiger partial charge is 0.355 e. The van der Waals surface area contributed by atoms with Crippen LogP contribution in [-0.4, -0.2) is 0 Å². The summed E-state index contributed by atoms with van der Waals surface area (Å²) >= 11 is 2.40. The van der Waals surface area contributed by atoms with E-state index >= 15 is 0 Å². The minimum atomic E-state index is 1.09. The number of allylic oxidation sites excluding steroid dienone is 3. The van der Waals surface area contributed by atoms with Gasteiger partial charge in [0.15, 0.2) is 0 Å². The third kappa shape index (κ3) is 3.12. The Balaban J connectivity index is 2.15. The van der Waals surface area contributed by atoms with Crippen LogP contribution in [-0.2, 0) is 0 Å². The Morgan fingerprint density at radius 1 is 1.00 bits per heavy atom. The van der Waals surface area contributed by atoms with Crippen molar-refractivity contribution in [3.05, 3.63) is 87.4 Å². The predicted octanol–water partition coefficient (Wildman–Crippen LogP) is 5.18. The van der Waals surface area contributed by atoms with E-state index in [4.69, 9.17) is 0 Å². The molecule has 3 heteroatoms. The van der Waals surface area contributed by atoms with Crippen LogP contribution in [0.3, 0.4) is 0 Å². The molecule has 1 heterocycles. The van der Waals surface area contributed by atoms with Gasteiger partial charge >= 0.3 is 0 Å². The molecule has 3 rings (SSSR count). The molecule has 0 aliphatic carbocycles. The fraction of sp³-hybridized carbons (Fsp3) is 0. The van der Waals surface area contributed by atoms with Crippen molar-refractivity contribution in [2.75, 3.05) is 0 Å². The quantitative estimate of drug-likeness (QED) is 0.539. The third-order valence-electron chi connectivity index (χ3n) is 3.36. The molecule has 0 bridgehead atoms. The van der Waals surface area contributed by atoms with E-state index in [1.54, 1.807) is 0 Å². The van der Waals surface area contributed by atoms with Crippen molar-refractivity contribution in [2.45, 2.75) is 0 Å². The van der Waals surface area contributed by atoms with Gasteiger partial charge in [-0.15, -0.1) is 9.24 Å². The van der Waals surface area contributed by atoms with Gasteiger partial charge in [0.2, 0.25) is 0 Å². The lowest BCUT2D eigenvalue weighted by molar-refractivity contribution is 1.12. The molecule has 1 unspecified atom stereocenters. The molecule has 1 atom stereocenters. The average molecular weight is 403 g/mol. The zero-order valence-electron chi connectivity index (χ0n) is 11.4. The summed E-state index contributed by atoms with van der Waals surface area (Å²) in [4.78, 5) is 0. The van der Waals surface area contributed by atoms with Gasteiger partial charge in [0.05, 0.1) is 0 Å². The van der Waals surface area contributed by atoms with Crippen molar-refractivity contribution in [3.8, 4) is 11.1 Å². The van der Waals surface area contributed by atoms with Gasteiger partial charge in [-0.1, -0.05) is 48.5 Å². The van der Waals surface area contributed by atoms with Crippen molar-refractivity contribution >= 4 is 37.5 Å². The molecular weight excluding hydrogens is 388 g/mol. The molecule has 2 aromatic carbocycles. The first-order valence-electron chi connectivity index (χ1n) is 6.71. The Hall–Kier alpha value is -1.38. The number of hydrogen-bond acceptors (Lipinski definition) is 1. The molecule has 1 nitrogen and oxygen atoms in total. The van der Waals surface area contributed by atoms with Crippen molar-refractivity contribution in [2.24, 2.45) is 0 Å². The van der Waals surface area contributed by atoms with Crippen molar-refractivity contribution < 1.29 is 0 Å². The maximum absolute atomic E-state index is 3.48. The van der Waals surface area contributed by atoms with Crippen LogP contribution in [0.4, 0.5) is 0 Å². The van der Waals surface area contributed by atoms with Gasteiger partial charge in [0.1, 0.15) is 0 Å². The Labute approximate surface area is 141 Å². The lowest BCUT2D eigenvalue weighted by Crippen LogP contribution is -2.14. The molecule has 0 spiro atoms. The van der Waals surface area contributed by atoms with E-state index in [0.717, 1.165) is 11.4 Å². The van der Waals surface area contributed by atoms with E-state index in [2.05, 4.69) is 97.8 Å². The van der Waals surface area contributed by atoms with Gasteiger partial charge in [-0.2, -0.15) is 0 Å². The van der Waals surface area contributed by atoms with Crippen LogP contribution in [0.5, 0.6) is 0 Å². The summed E-state index contributed by atoms with van der Waals surface area (Å²) in [7, 11) is 2.64. The van der Waals surface area contributed by atoms with Gasteiger partial charge in [0, 0.05) is 20.5 Å². The fourth-order valence-electron chi connectivity index (χ4n) is 2.39. The van der Waals surface area contributed by atoms with Crippen LogP contribution in [0.15, 0.2) is 78.3 Å². The van der Waals surface area contributed by atoms with E-state index in [1.807, 2.05) is 11.9 Å². The Kier molecular flexibility index (Phi) is 4.57. The van der Waals surface area contributed by atoms with E-state index < -0.39 is 0 Å². The minimum absolute atomic E-state index is 1.09. The number of hydrogen-bond donors (Lipinski definition) is 1. The first-order chi connectivity index (χ1) is 10.3. The van der Waals surface area contributed by atoms with E-state index in [-0.39, 0.29) is 0 Å². The van der Waals surface area contributed by atoms with E-state index in [9.17, 15) is 0 Å². The number of rotatable bonds is 2. The van der Waals surface area contributed by atoms with Gasteiger partial charge in [-0.05, 0) is 57.8 Å². The molecule has 0 radical (unpaired) electrons. The summed E-state index contributed by atoms with van der Waals surface area (Å²) in [5.74, 6) is 2.00. The molecular formula is C18H15INP. The van der Waals surface area contributed by atoms with Gasteiger partial charge < -0.3 is 5.32 Å². The topological polar surface area (TPSA) is 12.0 Å². The van der Waals surface area contributed by atoms with Crippen LogP contribution in [0.1, 0.15) is 5.56 Å². The first-order valence-corrected chi connectivity index (χ1v) is 8.46. The highest BCUT2D eigenvalue weighted by molar-refractivity contribution is 14.1. The normalized spacial score (nSPS) is 15.7. The summed E-state index contributed by atoms with van der Waals surface area (Å²) in [5.41, 5.74) is 5.96. The summed E-state index contributed by atoms with van der Waals surface area (Å²) in [6.07, 6.45) is 6.27. The Bertz CT molecular complexity index is 745. The molecule has 0 fully saturated rings. The SMILES string of the molecule is P/C=C1/C=CC=C(c2c(I)cccc2-c2ccccc2)N1. The summed E-state index contributed by atoms with van der Waals surface area (Å²) < 4.78 is 1.24. The minimum Gasteiger partial charge on any atom is -0.355 e. The van der Waals surface area contributed by atoms with E-state index in [1.165, 1.54) is 20.3 Å². The van der Waals surface area contributed by atoms with Crippen LogP contribution < -0.4 is 5.32 Å². The summed E-state index contributed by atoms with van der Waals surface area (Å²) in [6, 6.07) is 16.9. The van der Waals surface area contributed by atoms with Crippen LogP contribution >= 0.6 is 31.8 Å². The lowest BCUT2D eigenvalue weighted by atomic mass is 9.96. The van der Waals surface area contributed by atoms with Gasteiger partial charge in [-0.25, -0.2) is 0 Å². The highest BCUT2D eigenvalue weighted by atomic mass is 127. The van der Waals surface area contributed by atoms with Crippen LogP contribution in [0.2, 0.25) is 0 Å². The lowest BCUT2D eigenvalue weighted by Gasteiger charge is -2.19. The van der Waals surface area contributed by atoms with Crippen molar-refractivity contribution in [1.29, 1.82) is 0 Å². The fourth-order valence-corrected chi connectivity index (χ4v) is 3.37. The summed E-state index contributed by atoms with van der Waals surface area (Å²) in [5, 5.41) is 3.48. The monoisotopic (exact) mass is 403 g/mol. The standard InChI is InChI=1S/C18H15INP/c19-16-10-5-9-15(13-6-2-1-3-7-13)18(16)17-11-4-8-14(12-21)20-17/h1-12,20H,21H2/b14-12-. The molecule has 0 saturated heterocycles. The molecule has 104 valence electrons. The third-order valence-corrected chi connectivity index (χ3v) is 4.62. The molecule has 2 aromatic rings. The van der Waals surface area contributed by atoms with Crippen LogP contribution in [0, 0.1) is 3.57 Å². The second kappa shape index (κ2) is 6.59. The van der Waals surface area contributed by atoms with Gasteiger partial charge in [0.25, 0.3) is 0 Å². The first kappa shape index (κ1) is 14.6. The predicted molar refractivity (Wildman–Crippen MR) is 103 cm³/mol. The zero-order chi connectivity index (χ0) is 14.7. The highest BCUT2D eigenvalue weighted by Gasteiger charge is 2.14. The highest BCUT2D eigenvalue weighted by Crippen LogP contribution is 2.33. The Morgan fingerprint density at radius 2 is 1.81 bits per heavy atom. The zero-order valence-corrected chi connectivity index (χ0v) is 14.7. The Morgan fingerprint density at radius 3 is 2.57 bits per heavy atom. The molecule has 1 aliphatic rings. The van der Waals surface area contributed by atoms with Crippen molar-refractivity contribution in [1.82, 2.24) is 5.32 Å². The second-order valence-corrected chi connectivity index (χ2v) is 6.21. The number of nitrogens with one attached hydrogen (secondary N) is 1. The second-order valence-electron chi connectivity index (χ2n) is 4.71.